The summed E-state index contributed by atoms with van der Waals surface area (Å²) in [6.07, 6.45) is 0.424. The quantitative estimate of drug-likeness (QED) is 0.900. The van der Waals surface area contributed by atoms with E-state index in [0.29, 0.717) is 23.4 Å². The van der Waals surface area contributed by atoms with Crippen molar-refractivity contribution < 1.29 is 14.3 Å². The molecule has 0 spiro atoms. The van der Waals surface area contributed by atoms with Crippen LogP contribution in [0.1, 0.15) is 29.3 Å². The molecule has 1 heterocycles. The molecule has 25 heavy (non-hydrogen) atoms. The monoisotopic (exact) mass is 337 g/mol. The van der Waals surface area contributed by atoms with Gasteiger partial charge in [-0.3, -0.25) is 9.59 Å². The highest BCUT2D eigenvalue weighted by molar-refractivity contribution is 6.07. The fourth-order valence-corrected chi connectivity index (χ4v) is 2.69. The van der Waals surface area contributed by atoms with E-state index in [1.807, 2.05) is 31.2 Å². The number of carbonyl (C=O) groups is 2. The van der Waals surface area contributed by atoms with Crippen LogP contribution in [0.15, 0.2) is 53.6 Å². The molecule has 6 nitrogen and oxygen atoms in total. The summed E-state index contributed by atoms with van der Waals surface area (Å²) >= 11 is 0. The van der Waals surface area contributed by atoms with Gasteiger partial charge in [0.2, 0.25) is 5.91 Å². The molecule has 2 aromatic rings. The first-order chi connectivity index (χ1) is 12.1. The second-order valence-corrected chi connectivity index (χ2v) is 5.90. The van der Waals surface area contributed by atoms with E-state index in [2.05, 4.69) is 15.8 Å². The van der Waals surface area contributed by atoms with Crippen molar-refractivity contribution >= 4 is 23.2 Å². The van der Waals surface area contributed by atoms with Gasteiger partial charge in [-0.1, -0.05) is 25.1 Å². The number of methoxy groups -OCH3 is 1. The highest BCUT2D eigenvalue weighted by atomic mass is 16.5. The standard InChI is InChI=1S/C19H19N3O3/c1-12-10-17(23)21-22-18(12)13-6-8-15(9-7-13)20-19(24)14-4-3-5-16(11-14)25-2/h3-9,11-12H,10H2,1-2H3,(H,20,24)(H,21,23)/t12-/m0/s1. The Hall–Kier alpha value is -3.15. The molecule has 2 aromatic carbocycles. The molecule has 0 saturated carbocycles. The maximum Gasteiger partial charge on any atom is 0.255 e. The third kappa shape index (κ3) is 3.85. The van der Waals surface area contributed by atoms with Gasteiger partial charge < -0.3 is 10.1 Å². The Morgan fingerprint density at radius 3 is 2.68 bits per heavy atom. The lowest BCUT2D eigenvalue weighted by Gasteiger charge is -2.19. The number of amides is 2. The first-order valence-corrected chi connectivity index (χ1v) is 7.99. The maximum atomic E-state index is 12.3. The second kappa shape index (κ2) is 7.17. The van der Waals surface area contributed by atoms with Crippen molar-refractivity contribution in [2.45, 2.75) is 13.3 Å². The van der Waals surface area contributed by atoms with Gasteiger partial charge in [-0.25, -0.2) is 5.43 Å². The SMILES string of the molecule is COc1cccc(C(=O)Nc2ccc(C3=NNC(=O)C[C@@H]3C)cc2)c1. The summed E-state index contributed by atoms with van der Waals surface area (Å²) in [5.74, 6) is 0.418. The molecule has 128 valence electrons. The minimum atomic E-state index is -0.206. The molecule has 0 aromatic heterocycles. The van der Waals surface area contributed by atoms with Gasteiger partial charge in [0, 0.05) is 23.6 Å². The summed E-state index contributed by atoms with van der Waals surface area (Å²) in [4.78, 5) is 23.7. The molecule has 6 heteroatoms. The molecule has 0 unspecified atom stereocenters. The molecule has 0 aliphatic carbocycles. The summed E-state index contributed by atoms with van der Waals surface area (Å²) < 4.78 is 5.13. The predicted octanol–water partition coefficient (Wildman–Crippen LogP) is 2.81. The van der Waals surface area contributed by atoms with E-state index in [4.69, 9.17) is 4.74 Å². The fraction of sp³-hybridized carbons (Fsp3) is 0.211. The minimum Gasteiger partial charge on any atom is -0.497 e. The van der Waals surface area contributed by atoms with E-state index in [0.717, 1.165) is 11.3 Å². The molecule has 1 atom stereocenters. The van der Waals surface area contributed by atoms with Crippen LogP contribution < -0.4 is 15.5 Å². The van der Waals surface area contributed by atoms with E-state index in [9.17, 15) is 9.59 Å². The Morgan fingerprint density at radius 1 is 1.24 bits per heavy atom. The number of anilines is 1. The van der Waals surface area contributed by atoms with Crippen LogP contribution in [-0.2, 0) is 4.79 Å². The third-order valence-corrected chi connectivity index (χ3v) is 4.03. The Balaban J connectivity index is 1.72. The van der Waals surface area contributed by atoms with Gasteiger partial charge in [0.05, 0.1) is 12.8 Å². The lowest BCUT2D eigenvalue weighted by Crippen LogP contribution is -2.31. The number of nitrogens with one attached hydrogen (secondary N) is 2. The summed E-state index contributed by atoms with van der Waals surface area (Å²) in [5, 5.41) is 6.99. The number of carbonyl (C=O) groups excluding carboxylic acids is 2. The van der Waals surface area contributed by atoms with E-state index < -0.39 is 0 Å². The van der Waals surface area contributed by atoms with E-state index in [1.165, 1.54) is 0 Å². The Morgan fingerprint density at radius 2 is 2.00 bits per heavy atom. The molecule has 1 aliphatic heterocycles. The van der Waals surface area contributed by atoms with Gasteiger partial charge in [0.25, 0.3) is 5.91 Å². The Bertz CT molecular complexity index is 828. The molecule has 0 fully saturated rings. The van der Waals surface area contributed by atoms with Crippen LogP contribution in [0, 0.1) is 5.92 Å². The van der Waals surface area contributed by atoms with Crippen LogP contribution in [0.25, 0.3) is 0 Å². The molecule has 2 amide bonds. The molecule has 0 radical (unpaired) electrons. The van der Waals surface area contributed by atoms with Gasteiger partial charge in [-0.2, -0.15) is 5.10 Å². The molecule has 0 saturated heterocycles. The molecule has 2 N–H and O–H groups in total. The first-order valence-electron chi connectivity index (χ1n) is 7.99. The smallest absolute Gasteiger partial charge is 0.255 e. The van der Waals surface area contributed by atoms with Gasteiger partial charge in [-0.05, 0) is 35.9 Å². The number of ether oxygens (including phenoxy) is 1. The van der Waals surface area contributed by atoms with Crippen molar-refractivity contribution in [3.8, 4) is 5.75 Å². The molecule has 1 aliphatic rings. The average Bonchev–Trinajstić information content (AvgIpc) is 2.62. The fourth-order valence-electron chi connectivity index (χ4n) is 2.69. The molecule has 3 rings (SSSR count). The number of hydrogen-bond acceptors (Lipinski definition) is 4. The number of hydrazone groups is 1. The molecular formula is C19H19N3O3. The van der Waals surface area contributed by atoms with E-state index in [1.54, 1.807) is 31.4 Å². The van der Waals surface area contributed by atoms with Crippen LogP contribution in [0.3, 0.4) is 0 Å². The lowest BCUT2D eigenvalue weighted by atomic mass is 9.94. The van der Waals surface area contributed by atoms with Crippen molar-refractivity contribution in [2.24, 2.45) is 11.0 Å². The van der Waals surface area contributed by atoms with Gasteiger partial charge in [-0.15, -0.1) is 0 Å². The van der Waals surface area contributed by atoms with Crippen molar-refractivity contribution in [3.63, 3.8) is 0 Å². The number of hydrogen-bond donors (Lipinski definition) is 2. The second-order valence-electron chi connectivity index (χ2n) is 5.90. The lowest BCUT2D eigenvalue weighted by molar-refractivity contribution is -0.121. The van der Waals surface area contributed by atoms with E-state index >= 15 is 0 Å². The Labute approximate surface area is 145 Å². The summed E-state index contributed by atoms with van der Waals surface area (Å²) in [7, 11) is 1.56. The van der Waals surface area contributed by atoms with Crippen LogP contribution >= 0.6 is 0 Å². The largest absolute Gasteiger partial charge is 0.497 e. The minimum absolute atomic E-state index is 0.0611. The summed E-state index contributed by atoms with van der Waals surface area (Å²) in [6, 6.07) is 14.4. The predicted molar refractivity (Wildman–Crippen MR) is 95.8 cm³/mol. The van der Waals surface area contributed by atoms with Gasteiger partial charge in [0.1, 0.15) is 5.75 Å². The zero-order chi connectivity index (χ0) is 17.8. The zero-order valence-corrected chi connectivity index (χ0v) is 14.1. The van der Waals surface area contributed by atoms with Crippen molar-refractivity contribution in [3.05, 3.63) is 59.7 Å². The van der Waals surface area contributed by atoms with E-state index in [-0.39, 0.29) is 17.7 Å². The van der Waals surface area contributed by atoms with Crippen molar-refractivity contribution in [1.29, 1.82) is 0 Å². The van der Waals surface area contributed by atoms with Crippen LogP contribution in [-0.4, -0.2) is 24.6 Å². The van der Waals surface area contributed by atoms with Crippen LogP contribution in [0.2, 0.25) is 0 Å². The van der Waals surface area contributed by atoms with Gasteiger partial charge >= 0.3 is 0 Å². The first kappa shape index (κ1) is 16.7. The molecular weight excluding hydrogens is 318 g/mol. The number of nitrogens with zero attached hydrogens (tertiary/aromatic N) is 1. The average molecular weight is 337 g/mol. The van der Waals surface area contributed by atoms with Crippen molar-refractivity contribution in [1.82, 2.24) is 5.43 Å². The third-order valence-electron chi connectivity index (χ3n) is 4.03. The number of benzene rings is 2. The topological polar surface area (TPSA) is 79.8 Å². The van der Waals surface area contributed by atoms with Crippen LogP contribution in [0.5, 0.6) is 5.75 Å². The highest BCUT2D eigenvalue weighted by Gasteiger charge is 2.21. The maximum absolute atomic E-state index is 12.3. The Kier molecular flexibility index (Phi) is 4.79. The van der Waals surface area contributed by atoms with Crippen molar-refractivity contribution in [2.75, 3.05) is 12.4 Å². The molecule has 0 bridgehead atoms. The van der Waals surface area contributed by atoms with Gasteiger partial charge in [0.15, 0.2) is 0 Å². The summed E-state index contributed by atoms with van der Waals surface area (Å²) in [6.45, 7) is 1.97. The normalized spacial score (nSPS) is 16.6. The zero-order valence-electron chi connectivity index (χ0n) is 14.1. The highest BCUT2D eigenvalue weighted by Crippen LogP contribution is 2.19. The number of rotatable bonds is 4. The summed E-state index contributed by atoms with van der Waals surface area (Å²) in [5.41, 5.74) is 5.48. The van der Waals surface area contributed by atoms with Crippen LogP contribution in [0.4, 0.5) is 5.69 Å².